The summed E-state index contributed by atoms with van der Waals surface area (Å²) in [5.41, 5.74) is 0. The Morgan fingerprint density at radius 3 is 2.32 bits per heavy atom. The van der Waals surface area contributed by atoms with Gasteiger partial charge in [0, 0.05) is 6.04 Å². The zero-order valence-electron chi connectivity index (χ0n) is 11.1. The molecule has 6 nitrogen and oxygen atoms in total. The quantitative estimate of drug-likeness (QED) is 0.797. The molecule has 0 spiro atoms. The molecular weight excluding hydrogens is 268 g/mol. The van der Waals surface area contributed by atoms with Crippen molar-refractivity contribution in [3.8, 4) is 5.75 Å². The smallest absolute Gasteiger partial charge is 0.241 e. The Morgan fingerprint density at radius 1 is 1.26 bits per heavy atom. The monoisotopic (exact) mass is 286 g/mol. The Labute approximate surface area is 113 Å². The lowest BCUT2D eigenvalue weighted by molar-refractivity contribution is -0.120. The van der Waals surface area contributed by atoms with E-state index in [2.05, 4.69) is 10.0 Å². The third-order valence-corrected chi connectivity index (χ3v) is 3.66. The summed E-state index contributed by atoms with van der Waals surface area (Å²) in [4.78, 5) is 11.5. The van der Waals surface area contributed by atoms with E-state index in [0.717, 1.165) is 0 Å². The van der Waals surface area contributed by atoms with Gasteiger partial charge in [0.05, 0.1) is 18.6 Å². The van der Waals surface area contributed by atoms with Crippen LogP contribution in [0.25, 0.3) is 0 Å². The van der Waals surface area contributed by atoms with Gasteiger partial charge in [0.15, 0.2) is 0 Å². The van der Waals surface area contributed by atoms with Crippen LogP contribution in [0.5, 0.6) is 5.75 Å². The van der Waals surface area contributed by atoms with Crippen LogP contribution in [0.1, 0.15) is 13.8 Å². The molecule has 1 aromatic rings. The van der Waals surface area contributed by atoms with E-state index in [-0.39, 0.29) is 23.4 Å². The van der Waals surface area contributed by atoms with Crippen LogP contribution in [0.15, 0.2) is 29.2 Å². The lowest BCUT2D eigenvalue weighted by Gasteiger charge is -2.10. The van der Waals surface area contributed by atoms with Crippen molar-refractivity contribution in [2.24, 2.45) is 0 Å². The topological polar surface area (TPSA) is 84.5 Å². The Morgan fingerprint density at radius 2 is 1.84 bits per heavy atom. The summed E-state index contributed by atoms with van der Waals surface area (Å²) in [5, 5.41) is 2.60. The average Bonchev–Trinajstić information content (AvgIpc) is 2.36. The molecule has 0 bridgehead atoms. The summed E-state index contributed by atoms with van der Waals surface area (Å²) in [6, 6.07) is 5.90. The van der Waals surface area contributed by atoms with Gasteiger partial charge in [-0.25, -0.2) is 13.1 Å². The molecule has 0 saturated heterocycles. The number of nitrogens with one attached hydrogen (secondary N) is 2. The number of rotatable bonds is 6. The molecule has 0 aliphatic rings. The van der Waals surface area contributed by atoms with Crippen molar-refractivity contribution in [3.05, 3.63) is 24.3 Å². The maximum atomic E-state index is 11.9. The molecule has 0 aliphatic heterocycles. The van der Waals surface area contributed by atoms with Gasteiger partial charge in [0.1, 0.15) is 5.75 Å². The number of ether oxygens (including phenoxy) is 1. The molecule has 0 saturated carbocycles. The molecule has 19 heavy (non-hydrogen) atoms. The molecular formula is C12H18N2O4S. The molecule has 7 heteroatoms. The molecule has 1 rings (SSSR count). The molecule has 0 atom stereocenters. The zero-order chi connectivity index (χ0) is 14.5. The second-order valence-corrected chi connectivity index (χ2v) is 5.99. The van der Waals surface area contributed by atoms with Crippen LogP contribution in [0.4, 0.5) is 0 Å². The van der Waals surface area contributed by atoms with Crippen LogP contribution >= 0.6 is 0 Å². The average molecular weight is 286 g/mol. The Balaban J connectivity index is 2.67. The van der Waals surface area contributed by atoms with E-state index in [0.29, 0.717) is 5.75 Å². The lowest BCUT2D eigenvalue weighted by atomic mass is 10.3. The molecule has 0 fully saturated rings. The number of hydrogen-bond acceptors (Lipinski definition) is 4. The molecule has 1 aromatic carbocycles. The van der Waals surface area contributed by atoms with Crippen molar-refractivity contribution >= 4 is 15.9 Å². The summed E-state index contributed by atoms with van der Waals surface area (Å²) >= 11 is 0. The van der Waals surface area contributed by atoms with Crippen LogP contribution in [0.3, 0.4) is 0 Å². The number of carbonyl (C=O) groups excluding carboxylic acids is 1. The van der Waals surface area contributed by atoms with E-state index >= 15 is 0 Å². The molecule has 2 N–H and O–H groups in total. The van der Waals surface area contributed by atoms with Gasteiger partial charge in [-0.15, -0.1) is 0 Å². The molecule has 106 valence electrons. The number of hydrogen-bond donors (Lipinski definition) is 2. The molecule has 0 aliphatic carbocycles. The first-order chi connectivity index (χ1) is 8.85. The van der Waals surface area contributed by atoms with Crippen LogP contribution in [0, 0.1) is 0 Å². The van der Waals surface area contributed by atoms with Crippen molar-refractivity contribution in [1.29, 1.82) is 0 Å². The van der Waals surface area contributed by atoms with Gasteiger partial charge in [-0.3, -0.25) is 4.79 Å². The minimum Gasteiger partial charge on any atom is -0.497 e. The van der Waals surface area contributed by atoms with Gasteiger partial charge >= 0.3 is 0 Å². The molecule has 0 aromatic heterocycles. The first kappa shape index (κ1) is 15.5. The first-order valence-electron chi connectivity index (χ1n) is 5.78. The molecule has 0 radical (unpaired) electrons. The van der Waals surface area contributed by atoms with Gasteiger partial charge in [0.25, 0.3) is 0 Å². The fourth-order valence-corrected chi connectivity index (χ4v) is 2.35. The predicted octanol–water partition coefficient (Wildman–Crippen LogP) is 0.498. The maximum absolute atomic E-state index is 11.9. The normalized spacial score (nSPS) is 11.4. The summed E-state index contributed by atoms with van der Waals surface area (Å²) in [6.45, 7) is 3.32. The van der Waals surface area contributed by atoms with E-state index in [1.807, 2.05) is 0 Å². The van der Waals surface area contributed by atoms with Gasteiger partial charge < -0.3 is 10.1 Å². The van der Waals surface area contributed by atoms with Gasteiger partial charge in [-0.1, -0.05) is 0 Å². The minimum absolute atomic E-state index is 0.0296. The van der Waals surface area contributed by atoms with Gasteiger partial charge in [-0.05, 0) is 38.1 Å². The maximum Gasteiger partial charge on any atom is 0.241 e. The van der Waals surface area contributed by atoms with Crippen molar-refractivity contribution in [2.75, 3.05) is 13.7 Å². The van der Waals surface area contributed by atoms with E-state index in [1.54, 1.807) is 26.0 Å². The predicted molar refractivity (Wildman–Crippen MR) is 71.5 cm³/mol. The van der Waals surface area contributed by atoms with Crippen molar-refractivity contribution in [2.45, 2.75) is 24.8 Å². The number of carbonyl (C=O) groups is 1. The van der Waals surface area contributed by atoms with Crippen molar-refractivity contribution < 1.29 is 17.9 Å². The van der Waals surface area contributed by atoms with Gasteiger partial charge in [-0.2, -0.15) is 0 Å². The highest BCUT2D eigenvalue weighted by atomic mass is 32.2. The standard InChI is InChI=1S/C12H18N2O4S/c1-9(2)14-12(15)8-13-19(16,17)11-6-4-10(18-3)5-7-11/h4-7,9,13H,8H2,1-3H3,(H,14,15). The van der Waals surface area contributed by atoms with Crippen LogP contribution < -0.4 is 14.8 Å². The van der Waals surface area contributed by atoms with Crippen molar-refractivity contribution in [3.63, 3.8) is 0 Å². The summed E-state index contributed by atoms with van der Waals surface area (Å²) in [5.74, 6) is 0.198. The SMILES string of the molecule is COc1ccc(S(=O)(=O)NCC(=O)NC(C)C)cc1. The summed E-state index contributed by atoms with van der Waals surface area (Å²) < 4.78 is 31.0. The van der Waals surface area contributed by atoms with Crippen LogP contribution in [-0.2, 0) is 14.8 Å². The number of amides is 1. The van der Waals surface area contributed by atoms with E-state index < -0.39 is 10.0 Å². The summed E-state index contributed by atoms with van der Waals surface area (Å²) in [6.07, 6.45) is 0. The Bertz CT molecular complexity index is 523. The van der Waals surface area contributed by atoms with Crippen molar-refractivity contribution in [1.82, 2.24) is 10.0 Å². The highest BCUT2D eigenvalue weighted by Gasteiger charge is 2.15. The number of sulfonamides is 1. The van der Waals surface area contributed by atoms with E-state index in [1.165, 1.54) is 19.2 Å². The summed E-state index contributed by atoms with van der Waals surface area (Å²) in [7, 11) is -2.18. The number of methoxy groups -OCH3 is 1. The van der Waals surface area contributed by atoms with Crippen LogP contribution in [-0.4, -0.2) is 34.0 Å². The second kappa shape index (κ2) is 6.53. The second-order valence-electron chi connectivity index (χ2n) is 4.22. The lowest BCUT2D eigenvalue weighted by Crippen LogP contribution is -2.39. The highest BCUT2D eigenvalue weighted by Crippen LogP contribution is 2.14. The minimum atomic E-state index is -3.68. The van der Waals surface area contributed by atoms with E-state index in [9.17, 15) is 13.2 Å². The van der Waals surface area contributed by atoms with E-state index in [4.69, 9.17) is 4.74 Å². The number of benzene rings is 1. The third-order valence-electron chi connectivity index (χ3n) is 2.24. The fraction of sp³-hybridized carbons (Fsp3) is 0.417. The molecule has 0 heterocycles. The Kier molecular flexibility index (Phi) is 5.31. The first-order valence-corrected chi connectivity index (χ1v) is 7.26. The zero-order valence-corrected chi connectivity index (χ0v) is 12.0. The highest BCUT2D eigenvalue weighted by molar-refractivity contribution is 7.89. The fourth-order valence-electron chi connectivity index (χ4n) is 1.37. The largest absolute Gasteiger partial charge is 0.497 e. The molecule has 1 amide bonds. The third kappa shape index (κ3) is 4.88. The molecule has 0 unspecified atom stereocenters. The van der Waals surface area contributed by atoms with Gasteiger partial charge in [0.2, 0.25) is 15.9 Å². The van der Waals surface area contributed by atoms with Crippen LogP contribution in [0.2, 0.25) is 0 Å². The Hall–Kier alpha value is -1.60.